The van der Waals surface area contributed by atoms with Gasteiger partial charge in [-0.2, -0.15) is 0 Å². The molecule has 0 amide bonds. The number of azide groups is 1. The lowest BCUT2D eigenvalue weighted by atomic mass is 9.88. The zero-order valence-corrected chi connectivity index (χ0v) is 28.8. The summed E-state index contributed by atoms with van der Waals surface area (Å²) in [6.45, 7) is 9.86. The van der Waals surface area contributed by atoms with E-state index in [4.69, 9.17) is 57.6 Å². The van der Waals surface area contributed by atoms with Gasteiger partial charge >= 0.3 is 29.8 Å². The van der Waals surface area contributed by atoms with Crippen LogP contribution in [0.15, 0.2) is 5.11 Å². The second-order valence-electron chi connectivity index (χ2n) is 11.3. The highest BCUT2D eigenvalue weighted by molar-refractivity contribution is 5.67. The minimum atomic E-state index is -1.33. The van der Waals surface area contributed by atoms with E-state index in [1.54, 1.807) is 13.8 Å². The Labute approximate surface area is 284 Å². The van der Waals surface area contributed by atoms with Gasteiger partial charge in [0.05, 0.1) is 39.1 Å². The first-order chi connectivity index (χ1) is 23.2. The number of nitrogens with zero attached hydrogens (tertiary/aromatic N) is 3. The van der Waals surface area contributed by atoms with Gasteiger partial charge in [-0.15, -0.1) is 0 Å². The van der Waals surface area contributed by atoms with Crippen molar-refractivity contribution in [1.82, 2.24) is 0 Å². The molecular weight excluding hydrogens is 658 g/mol. The largest absolute Gasteiger partial charge is 0.463 e. The lowest BCUT2D eigenvalue weighted by Crippen LogP contribution is -2.62. The molecule has 278 valence electrons. The standard InChI is InChI=1S/C30H47N3O16/c1-16-25(44-20(5)36)23(14-42-18(3)34)48-30(28(16)46-22(7)38)49-26-17(2)27(45-21(6)37)29(47-24(26)15-43-19(4)35)41-13-12-40-11-10-39-9-8-32-33-31/h16-17,23-30H,8-15H2,1-7H3/t16-,17-,23?,24?,25+,26-,27?,28?,29+,30-/m0/s1. The fourth-order valence-corrected chi connectivity index (χ4v) is 5.26. The Kier molecular flexibility index (Phi) is 18.2. The van der Waals surface area contributed by atoms with Crippen molar-refractivity contribution in [2.24, 2.45) is 17.0 Å². The molecule has 0 aliphatic carbocycles. The van der Waals surface area contributed by atoms with E-state index in [9.17, 15) is 24.0 Å². The summed E-state index contributed by atoms with van der Waals surface area (Å²) in [7, 11) is 0. The van der Waals surface area contributed by atoms with Crippen molar-refractivity contribution >= 4 is 29.8 Å². The van der Waals surface area contributed by atoms with Crippen LogP contribution in [0.5, 0.6) is 0 Å². The molecule has 0 spiro atoms. The van der Waals surface area contributed by atoms with E-state index >= 15 is 0 Å². The summed E-state index contributed by atoms with van der Waals surface area (Å²) < 4.78 is 62.5. The molecule has 2 aliphatic rings. The number of ether oxygens (including phenoxy) is 11. The van der Waals surface area contributed by atoms with Crippen LogP contribution in [0.1, 0.15) is 48.5 Å². The van der Waals surface area contributed by atoms with Gasteiger partial charge in [-0.05, 0) is 5.53 Å². The summed E-state index contributed by atoms with van der Waals surface area (Å²) in [6.07, 6.45) is -8.66. The molecule has 0 bridgehead atoms. The van der Waals surface area contributed by atoms with Gasteiger partial charge in [0, 0.05) is 57.9 Å². The minimum Gasteiger partial charge on any atom is -0.463 e. The number of carbonyl (C=O) groups excluding carboxylic acids is 5. The van der Waals surface area contributed by atoms with Crippen molar-refractivity contribution in [2.45, 2.75) is 97.7 Å². The molecule has 0 aromatic rings. The minimum absolute atomic E-state index is 0.0207. The smallest absolute Gasteiger partial charge is 0.303 e. The molecule has 19 nitrogen and oxygen atoms in total. The van der Waals surface area contributed by atoms with Crippen LogP contribution in [0.2, 0.25) is 0 Å². The van der Waals surface area contributed by atoms with Gasteiger partial charge < -0.3 is 52.1 Å². The number of hydrogen-bond donors (Lipinski definition) is 0. The molecular formula is C30H47N3O16. The SMILES string of the molecule is CC(=O)OCC1O[C@@H](OCCOCCOCCN=[N+]=[N-])C(OC(C)=O)[C@@H](C)[C@@H]1O[C@@H]1OC(COC(C)=O)[C@H](OC(C)=O)[C@H](C)C1OC(C)=O. The van der Waals surface area contributed by atoms with Crippen molar-refractivity contribution in [3.63, 3.8) is 0 Å². The third-order valence-electron chi connectivity index (χ3n) is 7.34. The third kappa shape index (κ3) is 14.4. The van der Waals surface area contributed by atoms with Crippen LogP contribution in [0, 0.1) is 11.8 Å². The van der Waals surface area contributed by atoms with Crippen LogP contribution >= 0.6 is 0 Å². The molecule has 2 fully saturated rings. The average Bonchev–Trinajstić information content (AvgIpc) is 3.01. The summed E-state index contributed by atoms with van der Waals surface area (Å²) in [4.78, 5) is 62.4. The van der Waals surface area contributed by atoms with Gasteiger partial charge in [0.1, 0.15) is 31.5 Å². The number of rotatable bonds is 19. The maximum Gasteiger partial charge on any atom is 0.303 e. The quantitative estimate of drug-likeness (QED) is 0.0461. The summed E-state index contributed by atoms with van der Waals surface area (Å²) in [5.74, 6) is -4.56. The molecule has 2 aliphatic heterocycles. The highest BCUT2D eigenvalue weighted by Crippen LogP contribution is 2.37. The predicted octanol–water partition coefficient (Wildman–Crippen LogP) is 1.38. The summed E-state index contributed by atoms with van der Waals surface area (Å²) in [5.41, 5.74) is 8.29. The second kappa shape index (κ2) is 21.5. The average molecular weight is 706 g/mol. The van der Waals surface area contributed by atoms with Crippen molar-refractivity contribution in [3.05, 3.63) is 10.4 Å². The van der Waals surface area contributed by atoms with Crippen molar-refractivity contribution in [2.75, 3.05) is 52.8 Å². The van der Waals surface area contributed by atoms with Crippen LogP contribution in [0.4, 0.5) is 0 Å². The van der Waals surface area contributed by atoms with E-state index in [-0.39, 0.29) is 52.8 Å². The zero-order valence-electron chi connectivity index (χ0n) is 28.8. The lowest BCUT2D eigenvalue weighted by molar-refractivity contribution is -0.349. The van der Waals surface area contributed by atoms with E-state index in [2.05, 4.69) is 10.0 Å². The van der Waals surface area contributed by atoms with E-state index in [0.29, 0.717) is 0 Å². The van der Waals surface area contributed by atoms with Gasteiger partial charge in [-0.1, -0.05) is 19.0 Å². The molecule has 2 heterocycles. The molecule has 2 rings (SSSR count). The predicted molar refractivity (Wildman–Crippen MR) is 162 cm³/mol. The van der Waals surface area contributed by atoms with Crippen LogP contribution < -0.4 is 0 Å². The first-order valence-corrected chi connectivity index (χ1v) is 15.8. The monoisotopic (exact) mass is 705 g/mol. The fraction of sp³-hybridized carbons (Fsp3) is 0.833. The van der Waals surface area contributed by atoms with Gasteiger partial charge in [-0.3, -0.25) is 24.0 Å². The second-order valence-corrected chi connectivity index (χ2v) is 11.3. The Balaban J connectivity index is 2.28. The molecule has 2 saturated heterocycles. The van der Waals surface area contributed by atoms with Crippen molar-refractivity contribution in [3.8, 4) is 0 Å². The Hall–Kier alpha value is -3.58. The van der Waals surface area contributed by atoms with Crippen LogP contribution in [0.3, 0.4) is 0 Å². The van der Waals surface area contributed by atoms with E-state index in [1.807, 2.05) is 0 Å². The Morgan fingerprint density at radius 1 is 0.612 bits per heavy atom. The highest BCUT2D eigenvalue weighted by Gasteiger charge is 2.53. The van der Waals surface area contributed by atoms with E-state index in [0.717, 1.165) is 0 Å². The van der Waals surface area contributed by atoms with Crippen molar-refractivity contribution < 1.29 is 76.1 Å². The molecule has 0 N–H and O–H groups in total. The maximum atomic E-state index is 12.2. The van der Waals surface area contributed by atoms with Gasteiger partial charge in [0.25, 0.3) is 0 Å². The van der Waals surface area contributed by atoms with Crippen LogP contribution in [0.25, 0.3) is 10.4 Å². The summed E-state index contributed by atoms with van der Waals surface area (Å²) in [5, 5.41) is 3.37. The molecule has 0 aromatic heterocycles. The van der Waals surface area contributed by atoms with E-state index in [1.165, 1.54) is 34.6 Å². The molecule has 19 heteroatoms. The molecule has 49 heavy (non-hydrogen) atoms. The Morgan fingerprint density at radius 3 is 1.59 bits per heavy atom. The number of hydrogen-bond acceptors (Lipinski definition) is 17. The summed E-state index contributed by atoms with van der Waals surface area (Å²) >= 11 is 0. The van der Waals surface area contributed by atoms with Gasteiger partial charge in [0.2, 0.25) is 0 Å². The molecule has 0 aromatic carbocycles. The molecule has 0 radical (unpaired) electrons. The first-order valence-electron chi connectivity index (χ1n) is 15.8. The van der Waals surface area contributed by atoms with Gasteiger partial charge in [0.15, 0.2) is 24.8 Å². The van der Waals surface area contributed by atoms with Crippen LogP contribution in [-0.2, 0) is 76.1 Å². The Bertz CT molecular complexity index is 1150. The Morgan fingerprint density at radius 2 is 1.06 bits per heavy atom. The molecule has 4 unspecified atom stereocenters. The highest BCUT2D eigenvalue weighted by atomic mass is 16.8. The topological polar surface area (TPSA) is 236 Å². The number of carbonyl (C=O) groups is 5. The van der Waals surface area contributed by atoms with Crippen LogP contribution in [-0.4, -0.2) is 132 Å². The lowest BCUT2D eigenvalue weighted by Gasteiger charge is -2.48. The van der Waals surface area contributed by atoms with Crippen molar-refractivity contribution in [1.29, 1.82) is 0 Å². The van der Waals surface area contributed by atoms with Gasteiger partial charge in [-0.25, -0.2) is 0 Å². The molecule has 0 saturated carbocycles. The summed E-state index contributed by atoms with van der Waals surface area (Å²) in [6, 6.07) is 0. The number of esters is 5. The first kappa shape index (κ1) is 41.6. The fourth-order valence-electron chi connectivity index (χ4n) is 5.26. The normalized spacial score (nSPS) is 29.5. The zero-order chi connectivity index (χ0) is 36.5. The maximum absolute atomic E-state index is 12.2. The molecule has 10 atom stereocenters. The van der Waals surface area contributed by atoms with E-state index < -0.39 is 90.9 Å². The third-order valence-corrected chi connectivity index (χ3v) is 7.34.